The monoisotopic (exact) mass is 413 g/mol. The van der Waals surface area contributed by atoms with Crippen LogP contribution in [0.15, 0.2) is 54.6 Å². The number of thiocarbonyl (C=S) groups is 1. The lowest BCUT2D eigenvalue weighted by molar-refractivity contribution is -0.142. The molecule has 0 radical (unpaired) electrons. The summed E-state index contributed by atoms with van der Waals surface area (Å²) in [4.78, 5) is 35.5. The van der Waals surface area contributed by atoms with Crippen LogP contribution in [0.25, 0.3) is 0 Å². The Morgan fingerprint density at radius 2 is 1.66 bits per heavy atom. The van der Waals surface area contributed by atoms with Gasteiger partial charge in [0.15, 0.2) is 5.11 Å². The van der Waals surface area contributed by atoms with Crippen LogP contribution in [0.3, 0.4) is 0 Å². The topological polar surface area (TPSA) is 96.5 Å². The lowest BCUT2D eigenvalue weighted by Gasteiger charge is -2.13. The number of anilines is 1. The van der Waals surface area contributed by atoms with Crippen molar-refractivity contribution in [3.63, 3.8) is 0 Å². The molecule has 2 rings (SSSR count). The third kappa shape index (κ3) is 7.71. The Hall–Kier alpha value is -3.26. The summed E-state index contributed by atoms with van der Waals surface area (Å²) in [5.41, 5.74) is 2.02. The number of methoxy groups -OCH3 is 1. The Bertz CT molecular complexity index is 871. The zero-order valence-electron chi connectivity index (χ0n) is 16.1. The molecule has 0 atom stereocenters. The molecule has 0 aliphatic rings. The van der Waals surface area contributed by atoms with Gasteiger partial charge in [0.2, 0.25) is 5.91 Å². The van der Waals surface area contributed by atoms with Gasteiger partial charge in [-0.1, -0.05) is 42.5 Å². The van der Waals surface area contributed by atoms with Crippen LogP contribution in [-0.2, 0) is 20.7 Å². The van der Waals surface area contributed by atoms with Crippen LogP contribution in [0.2, 0.25) is 0 Å². The van der Waals surface area contributed by atoms with Crippen LogP contribution in [0.4, 0.5) is 5.69 Å². The number of hydrogen-bond acceptors (Lipinski definition) is 5. The van der Waals surface area contributed by atoms with E-state index in [1.165, 1.54) is 7.11 Å². The van der Waals surface area contributed by atoms with E-state index in [0.29, 0.717) is 17.8 Å². The molecule has 29 heavy (non-hydrogen) atoms. The molecular weight excluding hydrogens is 390 g/mol. The molecule has 0 bridgehead atoms. The summed E-state index contributed by atoms with van der Waals surface area (Å²) in [6.45, 7) is 0.492. The predicted octanol–water partition coefficient (Wildman–Crippen LogP) is 2.43. The first-order valence-electron chi connectivity index (χ1n) is 9.08. The van der Waals surface area contributed by atoms with Crippen LogP contribution < -0.4 is 16.0 Å². The van der Waals surface area contributed by atoms with Gasteiger partial charge in [-0.2, -0.15) is 0 Å². The molecule has 0 fully saturated rings. The van der Waals surface area contributed by atoms with Crippen LogP contribution in [0.1, 0.15) is 28.8 Å². The molecule has 2 aromatic rings. The summed E-state index contributed by atoms with van der Waals surface area (Å²) in [5.74, 6) is -1.14. The van der Waals surface area contributed by atoms with E-state index in [4.69, 9.17) is 12.2 Å². The highest BCUT2D eigenvalue weighted by molar-refractivity contribution is 7.80. The highest BCUT2D eigenvalue weighted by atomic mass is 32.1. The van der Waals surface area contributed by atoms with E-state index in [0.717, 1.165) is 12.0 Å². The van der Waals surface area contributed by atoms with E-state index in [1.807, 2.05) is 30.3 Å². The average molecular weight is 413 g/mol. The third-order valence-electron chi connectivity index (χ3n) is 4.00. The second-order valence-electron chi connectivity index (χ2n) is 6.12. The number of hydrogen-bond donors (Lipinski definition) is 3. The Labute approximate surface area is 174 Å². The smallest absolute Gasteiger partial charge is 0.306 e. The van der Waals surface area contributed by atoms with E-state index in [2.05, 4.69) is 20.7 Å². The van der Waals surface area contributed by atoms with Crippen LogP contribution in [0.5, 0.6) is 0 Å². The van der Waals surface area contributed by atoms with E-state index < -0.39 is 11.9 Å². The summed E-state index contributed by atoms with van der Waals surface area (Å²) in [7, 11) is 1.26. The summed E-state index contributed by atoms with van der Waals surface area (Å²) in [6.07, 6.45) is 0.637. The van der Waals surface area contributed by atoms with Crippen molar-refractivity contribution in [1.82, 2.24) is 10.6 Å². The fourth-order valence-electron chi connectivity index (χ4n) is 2.51. The maximum absolute atomic E-state index is 12.5. The number of nitrogens with one attached hydrogen (secondary N) is 3. The first-order chi connectivity index (χ1) is 14.0. The van der Waals surface area contributed by atoms with Gasteiger partial charge in [0.05, 0.1) is 24.8 Å². The Kier molecular flexibility index (Phi) is 8.78. The van der Waals surface area contributed by atoms with Gasteiger partial charge >= 0.3 is 5.97 Å². The van der Waals surface area contributed by atoms with Gasteiger partial charge in [0.1, 0.15) is 0 Å². The van der Waals surface area contributed by atoms with Crippen LogP contribution in [0, 0.1) is 0 Å². The predicted molar refractivity (Wildman–Crippen MR) is 115 cm³/mol. The number of amides is 2. The Morgan fingerprint density at radius 3 is 2.38 bits per heavy atom. The molecule has 0 saturated heterocycles. The molecule has 0 aliphatic heterocycles. The molecule has 0 heterocycles. The first kappa shape index (κ1) is 22.0. The highest BCUT2D eigenvalue weighted by Gasteiger charge is 2.13. The van der Waals surface area contributed by atoms with Crippen molar-refractivity contribution in [3.05, 3.63) is 65.7 Å². The normalized spacial score (nSPS) is 9.97. The maximum atomic E-state index is 12.5. The van der Waals surface area contributed by atoms with Gasteiger partial charge in [-0.3, -0.25) is 14.4 Å². The molecule has 2 amide bonds. The standard InChI is InChI=1S/C21H23N3O4S/c1-28-19(26)12-11-18(25)24-21(29)23-17-10-6-5-9-16(17)20(27)22-14-13-15-7-3-2-4-8-15/h2-10H,11-14H2,1H3,(H,22,27)(H2,23,24,25,29). The Morgan fingerprint density at radius 1 is 0.966 bits per heavy atom. The number of benzene rings is 2. The summed E-state index contributed by atoms with van der Waals surface area (Å²) in [6, 6.07) is 16.7. The minimum atomic E-state index is -0.475. The number of carbonyl (C=O) groups is 3. The van der Waals surface area contributed by atoms with Gasteiger partial charge in [0.25, 0.3) is 5.91 Å². The summed E-state index contributed by atoms with van der Waals surface area (Å²) >= 11 is 5.13. The fraction of sp³-hybridized carbons (Fsp3) is 0.238. The second kappa shape index (κ2) is 11.6. The van der Waals surface area contributed by atoms with Crippen molar-refractivity contribution in [2.45, 2.75) is 19.3 Å². The van der Waals surface area contributed by atoms with Gasteiger partial charge in [-0.25, -0.2) is 0 Å². The van der Waals surface area contributed by atoms with Crippen LogP contribution in [-0.4, -0.2) is 36.6 Å². The minimum absolute atomic E-state index is 0.0364. The van der Waals surface area contributed by atoms with Crippen molar-refractivity contribution in [1.29, 1.82) is 0 Å². The van der Waals surface area contributed by atoms with Crippen LogP contribution >= 0.6 is 12.2 Å². The number of rotatable bonds is 8. The SMILES string of the molecule is COC(=O)CCC(=O)NC(=S)Nc1ccccc1C(=O)NCCc1ccccc1. The van der Waals surface area contributed by atoms with E-state index in [1.54, 1.807) is 24.3 Å². The zero-order valence-corrected chi connectivity index (χ0v) is 16.9. The van der Waals surface area contributed by atoms with E-state index >= 15 is 0 Å². The summed E-state index contributed by atoms with van der Waals surface area (Å²) in [5, 5.41) is 8.26. The molecule has 8 heteroatoms. The second-order valence-corrected chi connectivity index (χ2v) is 6.52. The number of esters is 1. The molecule has 0 spiro atoms. The quantitative estimate of drug-likeness (QED) is 0.454. The van der Waals surface area contributed by atoms with E-state index in [-0.39, 0.29) is 23.9 Å². The van der Waals surface area contributed by atoms with Crippen molar-refractivity contribution in [3.8, 4) is 0 Å². The van der Waals surface area contributed by atoms with E-state index in [9.17, 15) is 14.4 Å². The van der Waals surface area contributed by atoms with Crippen molar-refractivity contribution in [2.75, 3.05) is 19.0 Å². The van der Waals surface area contributed by atoms with Crippen molar-refractivity contribution < 1.29 is 19.1 Å². The molecule has 7 nitrogen and oxygen atoms in total. The Balaban J connectivity index is 1.88. The van der Waals surface area contributed by atoms with Gasteiger partial charge < -0.3 is 20.7 Å². The molecule has 0 aromatic heterocycles. The number of carbonyl (C=O) groups excluding carboxylic acids is 3. The molecule has 0 aliphatic carbocycles. The minimum Gasteiger partial charge on any atom is -0.469 e. The highest BCUT2D eigenvalue weighted by Crippen LogP contribution is 2.15. The molecule has 0 saturated carbocycles. The molecule has 2 aromatic carbocycles. The lowest BCUT2D eigenvalue weighted by Crippen LogP contribution is -2.35. The number of ether oxygens (including phenoxy) is 1. The van der Waals surface area contributed by atoms with Crippen molar-refractivity contribution >= 4 is 40.8 Å². The third-order valence-corrected chi connectivity index (χ3v) is 4.20. The van der Waals surface area contributed by atoms with Gasteiger partial charge in [-0.15, -0.1) is 0 Å². The summed E-state index contributed by atoms with van der Waals surface area (Å²) < 4.78 is 4.49. The average Bonchev–Trinajstić information content (AvgIpc) is 2.73. The van der Waals surface area contributed by atoms with Gasteiger partial charge in [-0.05, 0) is 36.3 Å². The molecule has 152 valence electrons. The first-order valence-corrected chi connectivity index (χ1v) is 9.49. The lowest BCUT2D eigenvalue weighted by atomic mass is 10.1. The molecule has 0 unspecified atom stereocenters. The largest absolute Gasteiger partial charge is 0.469 e. The fourth-order valence-corrected chi connectivity index (χ4v) is 2.73. The molecular formula is C21H23N3O4S. The number of para-hydroxylation sites is 1. The van der Waals surface area contributed by atoms with Gasteiger partial charge in [0, 0.05) is 13.0 Å². The van der Waals surface area contributed by atoms with Crippen molar-refractivity contribution in [2.24, 2.45) is 0 Å². The maximum Gasteiger partial charge on any atom is 0.306 e. The zero-order chi connectivity index (χ0) is 21.1. The molecule has 3 N–H and O–H groups in total.